The molecule has 0 aliphatic heterocycles. The molecule has 2 heteroatoms. The van der Waals surface area contributed by atoms with Crippen LogP contribution in [-0.2, 0) is 4.79 Å². The van der Waals surface area contributed by atoms with Crippen LogP contribution in [0.2, 0.25) is 0 Å². The van der Waals surface area contributed by atoms with Gasteiger partial charge in [-0.1, -0.05) is 18.2 Å². The average Bonchev–Trinajstić information content (AvgIpc) is 2.74. The van der Waals surface area contributed by atoms with Gasteiger partial charge in [-0.3, -0.25) is 4.79 Å². The molecule has 2 aliphatic rings. The summed E-state index contributed by atoms with van der Waals surface area (Å²) in [6.07, 6.45) is 9.99. The third-order valence-electron chi connectivity index (χ3n) is 3.16. The maximum Gasteiger partial charge on any atom is 0.142 e. The van der Waals surface area contributed by atoms with Crippen molar-refractivity contribution < 1.29 is 9.90 Å². The molecule has 0 spiro atoms. The Morgan fingerprint density at radius 3 is 2.77 bits per heavy atom. The lowest BCUT2D eigenvalue weighted by molar-refractivity contribution is -0.104. The fourth-order valence-electron chi connectivity index (χ4n) is 2.52. The second kappa shape index (κ2) is 3.46. The number of aliphatic hydroxyl groups is 1. The SMILES string of the molecule is O=C/C=C/C(O)C1CC2C=CC1C2. The number of allylic oxidation sites excluding steroid dienone is 3. The summed E-state index contributed by atoms with van der Waals surface area (Å²) in [4.78, 5) is 10.1. The molecule has 2 aliphatic carbocycles. The standard InChI is InChI=1S/C11H14O2/c12-5-1-2-11(13)10-7-8-3-4-9(10)6-8/h1-5,8-11,13H,6-7H2/b2-1+. The third-order valence-corrected chi connectivity index (χ3v) is 3.16. The lowest BCUT2D eigenvalue weighted by atomic mass is 9.88. The summed E-state index contributed by atoms with van der Waals surface area (Å²) in [5.74, 6) is 1.55. The topological polar surface area (TPSA) is 37.3 Å². The van der Waals surface area contributed by atoms with Crippen LogP contribution in [-0.4, -0.2) is 17.5 Å². The van der Waals surface area contributed by atoms with Crippen LogP contribution in [0, 0.1) is 17.8 Å². The highest BCUT2D eigenvalue weighted by Crippen LogP contribution is 2.45. The number of fused-ring (bicyclic) bond motifs is 2. The van der Waals surface area contributed by atoms with Crippen LogP contribution in [0.25, 0.3) is 0 Å². The highest BCUT2D eigenvalue weighted by molar-refractivity contribution is 5.64. The van der Waals surface area contributed by atoms with Crippen molar-refractivity contribution in [3.05, 3.63) is 24.3 Å². The fraction of sp³-hybridized carbons (Fsp3) is 0.545. The Balaban J connectivity index is 1.98. The summed E-state index contributed by atoms with van der Waals surface area (Å²) in [6, 6.07) is 0. The zero-order chi connectivity index (χ0) is 9.26. The molecular formula is C11H14O2. The van der Waals surface area contributed by atoms with Crippen LogP contribution < -0.4 is 0 Å². The molecule has 4 unspecified atom stereocenters. The minimum atomic E-state index is -0.440. The molecular weight excluding hydrogens is 164 g/mol. The van der Waals surface area contributed by atoms with Crippen molar-refractivity contribution in [2.75, 3.05) is 0 Å². The molecule has 2 rings (SSSR count). The highest BCUT2D eigenvalue weighted by Gasteiger charge is 2.38. The van der Waals surface area contributed by atoms with E-state index in [0.717, 1.165) is 6.42 Å². The summed E-state index contributed by atoms with van der Waals surface area (Å²) < 4.78 is 0. The minimum absolute atomic E-state index is 0.339. The first kappa shape index (κ1) is 8.70. The van der Waals surface area contributed by atoms with Gasteiger partial charge in [-0.2, -0.15) is 0 Å². The van der Waals surface area contributed by atoms with E-state index in [-0.39, 0.29) is 0 Å². The molecule has 13 heavy (non-hydrogen) atoms. The summed E-state index contributed by atoms with van der Waals surface area (Å²) >= 11 is 0. The van der Waals surface area contributed by atoms with Crippen LogP contribution in [0.5, 0.6) is 0 Å². The first-order chi connectivity index (χ1) is 6.31. The molecule has 0 aromatic heterocycles. The van der Waals surface area contributed by atoms with Gasteiger partial charge in [0.2, 0.25) is 0 Å². The van der Waals surface area contributed by atoms with E-state index in [4.69, 9.17) is 0 Å². The summed E-state index contributed by atoms with van der Waals surface area (Å²) in [5.41, 5.74) is 0. The number of hydrogen-bond donors (Lipinski definition) is 1. The molecule has 0 aromatic rings. The molecule has 2 bridgehead atoms. The van der Waals surface area contributed by atoms with Gasteiger partial charge in [0, 0.05) is 0 Å². The zero-order valence-electron chi connectivity index (χ0n) is 7.47. The normalized spacial score (nSPS) is 38.7. The Bertz CT molecular complexity index is 255. The second-order valence-corrected chi connectivity index (χ2v) is 3.96. The number of hydrogen-bond acceptors (Lipinski definition) is 2. The summed E-state index contributed by atoms with van der Waals surface area (Å²) in [6.45, 7) is 0. The Labute approximate surface area is 78.0 Å². The Morgan fingerprint density at radius 1 is 1.38 bits per heavy atom. The van der Waals surface area contributed by atoms with Gasteiger partial charge in [-0.05, 0) is 36.7 Å². The molecule has 0 radical (unpaired) electrons. The van der Waals surface area contributed by atoms with Crippen LogP contribution in [0.1, 0.15) is 12.8 Å². The third kappa shape index (κ3) is 1.59. The van der Waals surface area contributed by atoms with Crippen LogP contribution in [0.4, 0.5) is 0 Å². The van der Waals surface area contributed by atoms with Gasteiger partial charge in [0.25, 0.3) is 0 Å². The van der Waals surface area contributed by atoms with E-state index in [1.165, 1.54) is 12.5 Å². The van der Waals surface area contributed by atoms with E-state index in [1.807, 2.05) is 0 Å². The van der Waals surface area contributed by atoms with Crippen molar-refractivity contribution in [3.8, 4) is 0 Å². The van der Waals surface area contributed by atoms with Crippen molar-refractivity contribution in [2.45, 2.75) is 18.9 Å². The number of rotatable bonds is 3. The van der Waals surface area contributed by atoms with Gasteiger partial charge in [0.15, 0.2) is 0 Å². The minimum Gasteiger partial charge on any atom is -0.389 e. The number of carbonyl (C=O) groups is 1. The van der Waals surface area contributed by atoms with Crippen LogP contribution in [0.15, 0.2) is 24.3 Å². The summed E-state index contributed by atoms with van der Waals surface area (Å²) in [5, 5.41) is 9.72. The molecule has 1 N–H and O–H groups in total. The smallest absolute Gasteiger partial charge is 0.142 e. The lowest BCUT2D eigenvalue weighted by Crippen LogP contribution is -2.21. The van der Waals surface area contributed by atoms with Gasteiger partial charge in [0.1, 0.15) is 6.29 Å². The monoisotopic (exact) mass is 178 g/mol. The van der Waals surface area contributed by atoms with Gasteiger partial charge >= 0.3 is 0 Å². The average molecular weight is 178 g/mol. The van der Waals surface area contributed by atoms with Crippen molar-refractivity contribution in [1.29, 1.82) is 0 Å². The maximum absolute atomic E-state index is 10.1. The Hall–Kier alpha value is -0.890. The van der Waals surface area contributed by atoms with Gasteiger partial charge in [0.05, 0.1) is 6.10 Å². The fourth-order valence-corrected chi connectivity index (χ4v) is 2.52. The molecule has 0 heterocycles. The van der Waals surface area contributed by atoms with Gasteiger partial charge in [-0.25, -0.2) is 0 Å². The van der Waals surface area contributed by atoms with E-state index in [9.17, 15) is 9.90 Å². The van der Waals surface area contributed by atoms with E-state index in [2.05, 4.69) is 12.2 Å². The number of aliphatic hydroxyl groups excluding tert-OH is 1. The first-order valence-corrected chi connectivity index (χ1v) is 4.79. The van der Waals surface area contributed by atoms with Crippen LogP contribution >= 0.6 is 0 Å². The summed E-state index contributed by atoms with van der Waals surface area (Å²) in [7, 11) is 0. The Morgan fingerprint density at radius 2 is 2.23 bits per heavy atom. The lowest BCUT2D eigenvalue weighted by Gasteiger charge is -2.21. The maximum atomic E-state index is 10.1. The predicted molar refractivity (Wildman–Crippen MR) is 50.1 cm³/mol. The van der Waals surface area contributed by atoms with E-state index >= 15 is 0 Å². The van der Waals surface area contributed by atoms with Crippen LogP contribution in [0.3, 0.4) is 0 Å². The van der Waals surface area contributed by atoms with E-state index in [1.54, 1.807) is 6.08 Å². The quantitative estimate of drug-likeness (QED) is 0.402. The van der Waals surface area contributed by atoms with Crippen molar-refractivity contribution >= 4 is 6.29 Å². The molecule has 0 saturated heterocycles. The van der Waals surface area contributed by atoms with E-state index < -0.39 is 6.10 Å². The second-order valence-electron chi connectivity index (χ2n) is 3.96. The molecule has 1 fully saturated rings. The van der Waals surface area contributed by atoms with Crippen molar-refractivity contribution in [3.63, 3.8) is 0 Å². The molecule has 0 aromatic carbocycles. The molecule has 70 valence electrons. The Kier molecular flexibility index (Phi) is 2.32. The molecule has 4 atom stereocenters. The highest BCUT2D eigenvalue weighted by atomic mass is 16.3. The predicted octanol–water partition coefficient (Wildman–Crippen LogP) is 1.31. The van der Waals surface area contributed by atoms with Gasteiger partial charge < -0.3 is 5.11 Å². The zero-order valence-corrected chi connectivity index (χ0v) is 7.47. The molecule has 0 amide bonds. The van der Waals surface area contributed by atoms with Crippen molar-refractivity contribution in [2.24, 2.45) is 17.8 Å². The van der Waals surface area contributed by atoms with Crippen molar-refractivity contribution in [1.82, 2.24) is 0 Å². The first-order valence-electron chi connectivity index (χ1n) is 4.79. The van der Waals surface area contributed by atoms with Gasteiger partial charge in [-0.15, -0.1) is 0 Å². The largest absolute Gasteiger partial charge is 0.389 e. The molecule has 2 nitrogen and oxygen atoms in total. The number of aldehydes is 1. The molecule has 1 saturated carbocycles. The van der Waals surface area contributed by atoms with E-state index in [0.29, 0.717) is 24.0 Å². The number of carbonyl (C=O) groups excluding carboxylic acids is 1.